The number of aromatic nitrogens is 1. The Kier molecular flexibility index (Phi) is 5.59. The molecule has 0 bridgehead atoms. The van der Waals surface area contributed by atoms with Gasteiger partial charge in [-0.3, -0.25) is 25.4 Å². The minimum atomic E-state index is -0.456. The van der Waals surface area contributed by atoms with Crippen LogP contribution in [0.15, 0.2) is 53.7 Å². The highest BCUT2D eigenvalue weighted by Gasteiger charge is 2.10. The van der Waals surface area contributed by atoms with Gasteiger partial charge < -0.3 is 0 Å². The maximum Gasteiger partial charge on any atom is 0.271 e. The number of amides is 2. The normalized spacial score (nSPS) is 9.95. The predicted octanol–water partition coefficient (Wildman–Crippen LogP) is 2.29. The van der Waals surface area contributed by atoms with Crippen LogP contribution in [0.5, 0.6) is 0 Å². The topological polar surface area (TPSA) is 71.1 Å². The number of carbonyl (C=O) groups is 2. The second kappa shape index (κ2) is 7.66. The minimum absolute atomic E-state index is 0.187. The van der Waals surface area contributed by atoms with Gasteiger partial charge in [-0.25, -0.2) is 0 Å². The number of carbonyl (C=O) groups excluding carboxylic acids is 2. The second-order valence-electron chi connectivity index (χ2n) is 3.95. The zero-order valence-electron chi connectivity index (χ0n) is 10.9. The maximum atomic E-state index is 11.8. The molecule has 1 aromatic heterocycles. The van der Waals surface area contributed by atoms with E-state index in [0.29, 0.717) is 10.6 Å². The summed E-state index contributed by atoms with van der Waals surface area (Å²) in [5, 5.41) is 0.329. The van der Waals surface area contributed by atoms with Crippen molar-refractivity contribution in [3.8, 4) is 0 Å². The average Bonchev–Trinajstić information content (AvgIpc) is 2.52. The molecule has 0 saturated carbocycles. The van der Waals surface area contributed by atoms with Crippen molar-refractivity contribution in [2.24, 2.45) is 0 Å². The van der Waals surface area contributed by atoms with Crippen LogP contribution in [0, 0.1) is 0 Å². The lowest BCUT2D eigenvalue weighted by molar-refractivity contribution is -0.119. The van der Waals surface area contributed by atoms with Gasteiger partial charge in [0.05, 0.1) is 16.3 Å². The van der Waals surface area contributed by atoms with Crippen LogP contribution in [0.4, 0.5) is 0 Å². The van der Waals surface area contributed by atoms with Crippen molar-refractivity contribution < 1.29 is 9.59 Å². The molecule has 0 aliphatic carbocycles. The van der Waals surface area contributed by atoms with Crippen LogP contribution in [0.2, 0.25) is 5.02 Å². The van der Waals surface area contributed by atoms with Gasteiger partial charge in [0, 0.05) is 17.3 Å². The Labute approximate surface area is 131 Å². The lowest BCUT2D eigenvalue weighted by Gasteiger charge is -2.08. The smallest absolute Gasteiger partial charge is 0.271 e. The summed E-state index contributed by atoms with van der Waals surface area (Å²) in [5.41, 5.74) is 4.98. The summed E-state index contributed by atoms with van der Waals surface area (Å²) in [5.74, 6) is -0.577. The van der Waals surface area contributed by atoms with Gasteiger partial charge in [0.1, 0.15) is 0 Å². The number of pyridine rings is 1. The summed E-state index contributed by atoms with van der Waals surface area (Å²) in [6, 6.07) is 10.2. The summed E-state index contributed by atoms with van der Waals surface area (Å²) in [7, 11) is 0. The Morgan fingerprint density at radius 1 is 1.10 bits per heavy atom. The number of thioether (sulfide) groups is 1. The van der Waals surface area contributed by atoms with Crippen LogP contribution in [-0.2, 0) is 4.79 Å². The molecule has 1 aromatic carbocycles. The minimum Gasteiger partial charge on any atom is -0.272 e. The van der Waals surface area contributed by atoms with Crippen molar-refractivity contribution in [3.63, 3.8) is 0 Å². The third-order valence-electron chi connectivity index (χ3n) is 2.45. The van der Waals surface area contributed by atoms with Crippen LogP contribution in [-0.4, -0.2) is 22.6 Å². The Morgan fingerprint density at radius 3 is 2.52 bits per heavy atom. The second-order valence-corrected chi connectivity index (χ2v) is 5.41. The van der Waals surface area contributed by atoms with E-state index in [1.165, 1.54) is 11.8 Å². The molecule has 2 rings (SSSR count). The first-order chi connectivity index (χ1) is 10.2. The average molecular weight is 322 g/mol. The molecule has 2 amide bonds. The van der Waals surface area contributed by atoms with Crippen molar-refractivity contribution in [3.05, 3.63) is 59.4 Å². The number of hydrogen-bond donors (Lipinski definition) is 2. The summed E-state index contributed by atoms with van der Waals surface area (Å²) in [6.07, 6.45) is 3.30. The zero-order valence-corrected chi connectivity index (χ0v) is 12.4. The predicted molar refractivity (Wildman–Crippen MR) is 82.0 cm³/mol. The van der Waals surface area contributed by atoms with Crippen molar-refractivity contribution >= 4 is 35.2 Å². The number of nitrogens with zero attached hydrogens (tertiary/aromatic N) is 1. The number of nitrogens with one attached hydrogen (secondary N) is 2. The molecule has 2 N–H and O–H groups in total. The van der Waals surface area contributed by atoms with E-state index in [0.717, 1.165) is 4.90 Å². The molecule has 0 radical (unpaired) electrons. The maximum absolute atomic E-state index is 11.8. The first-order valence-corrected chi connectivity index (χ1v) is 7.39. The molecule has 0 aliphatic heterocycles. The van der Waals surface area contributed by atoms with Gasteiger partial charge in [0.15, 0.2) is 0 Å². The molecule has 0 fully saturated rings. The van der Waals surface area contributed by atoms with Crippen LogP contribution in [0.3, 0.4) is 0 Å². The van der Waals surface area contributed by atoms with E-state index < -0.39 is 5.91 Å². The Morgan fingerprint density at radius 2 is 1.81 bits per heavy atom. The van der Waals surface area contributed by atoms with Crippen LogP contribution in [0.1, 0.15) is 10.4 Å². The van der Waals surface area contributed by atoms with Gasteiger partial charge in [-0.15, -0.1) is 11.8 Å². The highest BCUT2D eigenvalue weighted by molar-refractivity contribution is 8.00. The van der Waals surface area contributed by atoms with Gasteiger partial charge in [-0.1, -0.05) is 23.7 Å². The highest BCUT2D eigenvalue weighted by atomic mass is 35.5. The number of halogens is 1. The quantitative estimate of drug-likeness (QED) is 0.669. The first-order valence-electron chi connectivity index (χ1n) is 6.03. The fraction of sp³-hybridized carbons (Fsp3) is 0.0714. The van der Waals surface area contributed by atoms with E-state index >= 15 is 0 Å². The van der Waals surface area contributed by atoms with Gasteiger partial charge in [-0.05, 0) is 24.3 Å². The van der Waals surface area contributed by atoms with Crippen LogP contribution in [0.25, 0.3) is 0 Å². The molecule has 0 atom stereocenters. The summed E-state index contributed by atoms with van der Waals surface area (Å²) < 4.78 is 0. The fourth-order valence-corrected chi connectivity index (χ4v) is 2.36. The molecule has 0 aliphatic rings. The monoisotopic (exact) mass is 321 g/mol. The van der Waals surface area contributed by atoms with Gasteiger partial charge in [0.25, 0.3) is 5.91 Å². The largest absolute Gasteiger partial charge is 0.272 e. The molecule has 0 saturated heterocycles. The molecule has 7 heteroatoms. The van der Waals surface area contributed by atoms with E-state index in [4.69, 9.17) is 11.6 Å². The van der Waals surface area contributed by atoms with Crippen molar-refractivity contribution in [2.75, 3.05) is 5.75 Å². The lowest BCUT2D eigenvalue weighted by atomic mass is 10.2. The molecule has 5 nitrogen and oxygen atoms in total. The molecule has 0 unspecified atom stereocenters. The van der Waals surface area contributed by atoms with Gasteiger partial charge in [-0.2, -0.15) is 0 Å². The Balaban J connectivity index is 1.79. The first kappa shape index (κ1) is 15.3. The van der Waals surface area contributed by atoms with Crippen LogP contribution >= 0.6 is 23.4 Å². The van der Waals surface area contributed by atoms with E-state index in [1.54, 1.807) is 48.8 Å². The van der Waals surface area contributed by atoms with E-state index in [9.17, 15) is 9.59 Å². The summed E-state index contributed by atoms with van der Waals surface area (Å²) in [6.45, 7) is 0. The Bertz CT molecular complexity index is 637. The number of rotatable bonds is 4. The fourth-order valence-electron chi connectivity index (χ4n) is 1.46. The van der Waals surface area contributed by atoms with E-state index in [2.05, 4.69) is 15.8 Å². The highest BCUT2D eigenvalue weighted by Crippen LogP contribution is 2.16. The summed E-state index contributed by atoms with van der Waals surface area (Å²) in [4.78, 5) is 28.3. The van der Waals surface area contributed by atoms with Gasteiger partial charge >= 0.3 is 0 Å². The molecule has 0 spiro atoms. The Hall–Kier alpha value is -2.05. The number of hydrogen-bond acceptors (Lipinski definition) is 4. The molecule has 108 valence electrons. The number of hydrazine groups is 1. The standard InChI is InChI=1S/C14H12ClN3O2S/c15-12-4-2-1-3-11(12)14(20)18-17-13(19)9-21-10-5-7-16-8-6-10/h1-8H,9H2,(H,17,19)(H,18,20). The van der Waals surface area contributed by atoms with Crippen molar-refractivity contribution in [1.29, 1.82) is 0 Å². The van der Waals surface area contributed by atoms with Crippen LogP contribution < -0.4 is 10.9 Å². The van der Waals surface area contributed by atoms with Crippen molar-refractivity contribution in [2.45, 2.75) is 4.90 Å². The number of benzene rings is 1. The lowest BCUT2D eigenvalue weighted by Crippen LogP contribution is -2.42. The molecule has 2 aromatic rings. The molecule has 21 heavy (non-hydrogen) atoms. The van der Waals surface area contributed by atoms with E-state index in [-0.39, 0.29) is 11.7 Å². The third-order valence-corrected chi connectivity index (χ3v) is 3.80. The molecular weight excluding hydrogens is 310 g/mol. The van der Waals surface area contributed by atoms with Crippen molar-refractivity contribution in [1.82, 2.24) is 15.8 Å². The zero-order chi connectivity index (χ0) is 15.1. The SMILES string of the molecule is O=C(CSc1ccncc1)NNC(=O)c1ccccc1Cl. The molecular formula is C14H12ClN3O2S. The van der Waals surface area contributed by atoms with Gasteiger partial charge in [0.2, 0.25) is 5.91 Å². The summed E-state index contributed by atoms with van der Waals surface area (Å²) >= 11 is 7.24. The molecule has 1 heterocycles. The van der Waals surface area contributed by atoms with E-state index in [1.807, 2.05) is 0 Å². The third kappa shape index (κ3) is 4.77.